The number of carbonyl (C=O) groups excluding carboxylic acids is 1. The number of carboxylic acid groups (broad SMARTS) is 1. The second kappa shape index (κ2) is 5.69. The molecule has 0 aromatic heterocycles. The number of carbonyl (C=O) groups is 2. The number of hydrogen-bond acceptors (Lipinski definition) is 3. The standard InChI is InChI=1S/C14H25NO4Si/c1-10-7-11(16)8-15(13(17)18)12(10)9-19-20(5,6)14(2,3)4/h7,12H,8-9H2,1-6H3,(H,17,18). The van der Waals surface area contributed by atoms with Crippen LogP contribution in [0.2, 0.25) is 18.1 Å². The maximum Gasteiger partial charge on any atom is 0.408 e. The highest BCUT2D eigenvalue weighted by atomic mass is 28.4. The van der Waals surface area contributed by atoms with E-state index in [0.717, 1.165) is 5.57 Å². The Labute approximate surface area is 121 Å². The van der Waals surface area contributed by atoms with Gasteiger partial charge in [0.05, 0.1) is 19.2 Å². The van der Waals surface area contributed by atoms with E-state index in [2.05, 4.69) is 33.9 Å². The molecule has 0 saturated heterocycles. The molecular formula is C14H25NO4Si. The SMILES string of the molecule is CC1=CC(=O)CN(C(=O)O)C1CO[Si](C)(C)C(C)(C)C. The van der Waals surface area contributed by atoms with Gasteiger partial charge in [0.1, 0.15) is 0 Å². The first-order valence-corrected chi connectivity index (χ1v) is 9.71. The summed E-state index contributed by atoms with van der Waals surface area (Å²) in [5.41, 5.74) is 0.752. The average molecular weight is 299 g/mol. The third-order valence-corrected chi connectivity index (χ3v) is 8.77. The van der Waals surface area contributed by atoms with Crippen LogP contribution in [0, 0.1) is 0 Å². The molecule has 0 bridgehead atoms. The Kier molecular flexibility index (Phi) is 4.81. The van der Waals surface area contributed by atoms with Crippen molar-refractivity contribution in [3.05, 3.63) is 11.6 Å². The predicted molar refractivity (Wildman–Crippen MR) is 80.4 cm³/mol. The van der Waals surface area contributed by atoms with Crippen LogP contribution < -0.4 is 0 Å². The molecule has 0 radical (unpaired) electrons. The van der Waals surface area contributed by atoms with Gasteiger partial charge in [-0.2, -0.15) is 0 Å². The van der Waals surface area contributed by atoms with E-state index >= 15 is 0 Å². The molecule has 6 heteroatoms. The Balaban J connectivity index is 2.86. The molecule has 20 heavy (non-hydrogen) atoms. The van der Waals surface area contributed by atoms with E-state index in [0.29, 0.717) is 6.61 Å². The van der Waals surface area contributed by atoms with Gasteiger partial charge < -0.3 is 9.53 Å². The van der Waals surface area contributed by atoms with Crippen LogP contribution in [0.1, 0.15) is 27.7 Å². The van der Waals surface area contributed by atoms with Crippen LogP contribution in [-0.4, -0.2) is 49.4 Å². The Morgan fingerprint density at radius 1 is 1.50 bits per heavy atom. The van der Waals surface area contributed by atoms with Gasteiger partial charge in [-0.05, 0) is 36.7 Å². The molecule has 0 spiro atoms. The normalized spacial score (nSPS) is 20.9. The molecule has 1 rings (SSSR count). The summed E-state index contributed by atoms with van der Waals surface area (Å²) in [7, 11) is -1.93. The minimum atomic E-state index is -1.93. The minimum Gasteiger partial charge on any atom is -0.465 e. The third-order valence-electron chi connectivity index (χ3n) is 4.27. The molecular weight excluding hydrogens is 274 g/mol. The number of nitrogens with zero attached hydrogens (tertiary/aromatic N) is 1. The molecule has 1 heterocycles. The van der Waals surface area contributed by atoms with Gasteiger partial charge in [-0.3, -0.25) is 9.69 Å². The summed E-state index contributed by atoms with van der Waals surface area (Å²) in [6.07, 6.45) is 0.452. The van der Waals surface area contributed by atoms with Crippen LogP contribution in [0.4, 0.5) is 4.79 Å². The number of amides is 1. The van der Waals surface area contributed by atoms with E-state index in [1.807, 2.05) is 0 Å². The number of rotatable bonds is 3. The van der Waals surface area contributed by atoms with Crippen molar-refractivity contribution in [3.8, 4) is 0 Å². The monoisotopic (exact) mass is 299 g/mol. The van der Waals surface area contributed by atoms with Crippen molar-refractivity contribution in [2.24, 2.45) is 0 Å². The summed E-state index contributed by atoms with van der Waals surface area (Å²) in [5, 5.41) is 9.31. The molecule has 1 aliphatic rings. The molecule has 1 N–H and O–H groups in total. The largest absolute Gasteiger partial charge is 0.465 e. The van der Waals surface area contributed by atoms with E-state index in [-0.39, 0.29) is 23.4 Å². The van der Waals surface area contributed by atoms with Crippen molar-refractivity contribution in [1.29, 1.82) is 0 Å². The van der Waals surface area contributed by atoms with Gasteiger partial charge in [-0.25, -0.2) is 4.79 Å². The van der Waals surface area contributed by atoms with Crippen molar-refractivity contribution in [2.75, 3.05) is 13.2 Å². The van der Waals surface area contributed by atoms with E-state index in [1.54, 1.807) is 6.92 Å². The molecule has 0 saturated carbocycles. The van der Waals surface area contributed by atoms with Gasteiger partial charge in [0.2, 0.25) is 0 Å². The molecule has 1 atom stereocenters. The Morgan fingerprint density at radius 3 is 2.50 bits per heavy atom. The van der Waals surface area contributed by atoms with Crippen molar-refractivity contribution >= 4 is 20.2 Å². The average Bonchev–Trinajstić information content (AvgIpc) is 2.24. The summed E-state index contributed by atoms with van der Waals surface area (Å²) < 4.78 is 6.10. The van der Waals surface area contributed by atoms with E-state index < -0.39 is 14.4 Å². The van der Waals surface area contributed by atoms with Crippen LogP contribution in [-0.2, 0) is 9.22 Å². The van der Waals surface area contributed by atoms with Crippen molar-refractivity contribution in [2.45, 2.75) is 51.9 Å². The topological polar surface area (TPSA) is 66.8 Å². The van der Waals surface area contributed by atoms with E-state index in [4.69, 9.17) is 4.43 Å². The summed E-state index contributed by atoms with van der Waals surface area (Å²) in [6.45, 7) is 12.7. The van der Waals surface area contributed by atoms with Crippen LogP contribution in [0.15, 0.2) is 11.6 Å². The van der Waals surface area contributed by atoms with Crippen LogP contribution in [0.3, 0.4) is 0 Å². The Hall–Kier alpha value is -1.14. The number of ketones is 1. The minimum absolute atomic E-state index is 0.0726. The first kappa shape index (κ1) is 16.9. The zero-order valence-corrected chi connectivity index (χ0v) is 14.2. The third kappa shape index (κ3) is 3.70. The second-order valence-electron chi connectivity index (χ2n) is 6.85. The lowest BCUT2D eigenvalue weighted by Crippen LogP contribution is -2.51. The zero-order chi connectivity index (χ0) is 15.7. The Morgan fingerprint density at radius 2 is 2.05 bits per heavy atom. The van der Waals surface area contributed by atoms with E-state index in [9.17, 15) is 14.7 Å². The van der Waals surface area contributed by atoms with Crippen molar-refractivity contribution < 1.29 is 19.1 Å². The van der Waals surface area contributed by atoms with Gasteiger partial charge in [0.15, 0.2) is 14.1 Å². The smallest absolute Gasteiger partial charge is 0.408 e. The fraction of sp³-hybridized carbons (Fsp3) is 0.714. The van der Waals surface area contributed by atoms with Gasteiger partial charge in [-0.1, -0.05) is 20.8 Å². The summed E-state index contributed by atoms with van der Waals surface area (Å²) in [4.78, 5) is 23.9. The maximum absolute atomic E-state index is 11.5. The second-order valence-corrected chi connectivity index (χ2v) is 11.7. The number of hydrogen-bond donors (Lipinski definition) is 1. The van der Waals surface area contributed by atoms with E-state index in [1.165, 1.54) is 11.0 Å². The maximum atomic E-state index is 11.5. The molecule has 1 amide bonds. The molecule has 0 aromatic carbocycles. The molecule has 0 fully saturated rings. The first-order chi connectivity index (χ1) is 8.95. The quantitative estimate of drug-likeness (QED) is 0.814. The van der Waals surface area contributed by atoms with Crippen LogP contribution >= 0.6 is 0 Å². The van der Waals surface area contributed by atoms with Crippen molar-refractivity contribution in [1.82, 2.24) is 4.90 Å². The lowest BCUT2D eigenvalue weighted by molar-refractivity contribution is -0.116. The Bertz CT molecular complexity index is 437. The lowest BCUT2D eigenvalue weighted by Gasteiger charge is -2.39. The fourth-order valence-corrected chi connectivity index (χ4v) is 2.85. The van der Waals surface area contributed by atoms with Gasteiger partial charge in [0, 0.05) is 0 Å². The van der Waals surface area contributed by atoms with Gasteiger partial charge in [0.25, 0.3) is 0 Å². The lowest BCUT2D eigenvalue weighted by atomic mass is 10.0. The fourth-order valence-electron chi connectivity index (χ4n) is 1.85. The summed E-state index contributed by atoms with van der Waals surface area (Å²) in [6, 6.07) is -0.362. The zero-order valence-electron chi connectivity index (χ0n) is 13.2. The molecule has 0 aromatic rings. The molecule has 114 valence electrons. The molecule has 5 nitrogen and oxygen atoms in total. The predicted octanol–water partition coefficient (Wildman–Crippen LogP) is 2.89. The van der Waals surface area contributed by atoms with Crippen LogP contribution in [0.25, 0.3) is 0 Å². The van der Waals surface area contributed by atoms with Crippen molar-refractivity contribution in [3.63, 3.8) is 0 Å². The highest BCUT2D eigenvalue weighted by Crippen LogP contribution is 2.37. The van der Waals surface area contributed by atoms with Gasteiger partial charge >= 0.3 is 6.09 Å². The molecule has 0 aliphatic carbocycles. The summed E-state index contributed by atoms with van der Waals surface area (Å²) >= 11 is 0. The molecule has 1 unspecified atom stereocenters. The first-order valence-electron chi connectivity index (χ1n) is 6.80. The van der Waals surface area contributed by atoms with Crippen LogP contribution in [0.5, 0.6) is 0 Å². The van der Waals surface area contributed by atoms with Gasteiger partial charge in [-0.15, -0.1) is 0 Å². The summed E-state index contributed by atoms with van der Waals surface area (Å²) in [5.74, 6) is -0.173. The molecule has 1 aliphatic heterocycles. The highest BCUT2D eigenvalue weighted by Gasteiger charge is 2.39. The highest BCUT2D eigenvalue weighted by molar-refractivity contribution is 6.74.